The lowest BCUT2D eigenvalue weighted by Crippen LogP contribution is -2.39. The zero-order chi connectivity index (χ0) is 14.8. The molecule has 0 radical (unpaired) electrons. The molecule has 2 amide bonds. The molecular formula is C16H21N3O2. The molecule has 1 fully saturated rings. The van der Waals surface area contributed by atoms with Gasteiger partial charge in [-0.15, -0.1) is 0 Å². The molecule has 0 unspecified atom stereocenters. The number of hydrogen-bond donors (Lipinski definition) is 2. The number of amides is 2. The lowest BCUT2D eigenvalue weighted by Gasteiger charge is -2.23. The van der Waals surface area contributed by atoms with Crippen LogP contribution in [0.1, 0.15) is 35.2 Å². The second-order valence-electron chi connectivity index (χ2n) is 5.87. The largest absolute Gasteiger partial charge is 0.385 e. The Morgan fingerprint density at radius 2 is 2.19 bits per heavy atom. The van der Waals surface area contributed by atoms with E-state index in [1.54, 1.807) is 7.05 Å². The van der Waals surface area contributed by atoms with E-state index in [1.807, 2.05) is 18.2 Å². The molecule has 1 aliphatic heterocycles. The SMILES string of the molecule is CN(CC(=O)NC1CC1)C(=O)c1cccc2c1CCCN2. The third-order valence-corrected chi connectivity index (χ3v) is 4.00. The number of nitrogens with zero attached hydrogens (tertiary/aromatic N) is 1. The number of anilines is 1. The van der Waals surface area contributed by atoms with Gasteiger partial charge in [-0.3, -0.25) is 9.59 Å². The van der Waals surface area contributed by atoms with Gasteiger partial charge in [-0.2, -0.15) is 0 Å². The highest BCUT2D eigenvalue weighted by atomic mass is 16.2. The quantitative estimate of drug-likeness (QED) is 0.880. The molecule has 5 heteroatoms. The van der Waals surface area contributed by atoms with Crippen LogP contribution in [0.3, 0.4) is 0 Å². The summed E-state index contributed by atoms with van der Waals surface area (Å²) in [6, 6.07) is 6.08. The van der Waals surface area contributed by atoms with E-state index in [2.05, 4.69) is 10.6 Å². The average Bonchev–Trinajstić information content (AvgIpc) is 3.29. The van der Waals surface area contributed by atoms with Gasteiger partial charge in [0, 0.05) is 30.9 Å². The summed E-state index contributed by atoms with van der Waals surface area (Å²) in [4.78, 5) is 25.9. The summed E-state index contributed by atoms with van der Waals surface area (Å²) in [5.41, 5.74) is 2.83. The molecule has 0 aromatic heterocycles. The van der Waals surface area contributed by atoms with Gasteiger partial charge in [0.25, 0.3) is 5.91 Å². The van der Waals surface area contributed by atoms with Crippen LogP contribution in [-0.4, -0.2) is 42.9 Å². The Bertz CT molecular complexity index is 567. The Balaban J connectivity index is 1.70. The van der Waals surface area contributed by atoms with Crippen molar-refractivity contribution in [2.24, 2.45) is 0 Å². The third-order valence-electron chi connectivity index (χ3n) is 4.00. The first-order valence-corrected chi connectivity index (χ1v) is 7.56. The first kappa shape index (κ1) is 13.9. The van der Waals surface area contributed by atoms with E-state index in [-0.39, 0.29) is 18.4 Å². The van der Waals surface area contributed by atoms with E-state index in [0.717, 1.165) is 43.5 Å². The molecule has 2 N–H and O–H groups in total. The first-order valence-electron chi connectivity index (χ1n) is 7.56. The second-order valence-corrected chi connectivity index (χ2v) is 5.87. The van der Waals surface area contributed by atoms with E-state index in [1.165, 1.54) is 4.90 Å². The minimum atomic E-state index is -0.0819. The molecule has 1 aliphatic carbocycles. The Labute approximate surface area is 124 Å². The van der Waals surface area contributed by atoms with Crippen molar-refractivity contribution >= 4 is 17.5 Å². The van der Waals surface area contributed by atoms with Crippen LogP contribution in [0.4, 0.5) is 5.69 Å². The Kier molecular flexibility index (Phi) is 3.82. The maximum atomic E-state index is 12.6. The highest BCUT2D eigenvalue weighted by molar-refractivity contribution is 5.99. The van der Waals surface area contributed by atoms with Crippen LogP contribution < -0.4 is 10.6 Å². The lowest BCUT2D eigenvalue weighted by atomic mass is 9.97. The van der Waals surface area contributed by atoms with Crippen molar-refractivity contribution in [2.45, 2.75) is 31.7 Å². The van der Waals surface area contributed by atoms with Gasteiger partial charge in [0.1, 0.15) is 0 Å². The van der Waals surface area contributed by atoms with Gasteiger partial charge in [0.05, 0.1) is 6.54 Å². The fourth-order valence-electron chi connectivity index (χ4n) is 2.70. The standard InChI is InChI=1S/C16H21N3O2/c1-19(10-15(20)18-11-7-8-11)16(21)13-4-2-6-14-12(13)5-3-9-17-14/h2,4,6,11,17H,3,5,7-10H2,1H3,(H,18,20). The number of carbonyl (C=O) groups is 2. The zero-order valence-electron chi connectivity index (χ0n) is 12.3. The van der Waals surface area contributed by atoms with E-state index in [0.29, 0.717) is 11.6 Å². The summed E-state index contributed by atoms with van der Waals surface area (Å²) in [5, 5.41) is 6.23. The van der Waals surface area contributed by atoms with Crippen molar-refractivity contribution in [2.75, 3.05) is 25.5 Å². The highest BCUT2D eigenvalue weighted by Crippen LogP contribution is 2.26. The number of likely N-dealkylation sites (N-methyl/N-ethyl adjacent to an activating group) is 1. The van der Waals surface area contributed by atoms with E-state index in [9.17, 15) is 9.59 Å². The Morgan fingerprint density at radius 3 is 2.95 bits per heavy atom. The smallest absolute Gasteiger partial charge is 0.254 e. The normalized spacial score (nSPS) is 16.6. The van der Waals surface area contributed by atoms with Crippen LogP contribution in [0.2, 0.25) is 0 Å². The summed E-state index contributed by atoms with van der Waals surface area (Å²) in [5.74, 6) is -0.155. The van der Waals surface area contributed by atoms with E-state index < -0.39 is 0 Å². The average molecular weight is 287 g/mol. The van der Waals surface area contributed by atoms with Gasteiger partial charge in [0.2, 0.25) is 5.91 Å². The van der Waals surface area contributed by atoms with Crippen LogP contribution in [0.15, 0.2) is 18.2 Å². The molecule has 0 atom stereocenters. The van der Waals surface area contributed by atoms with Crippen LogP contribution in [0, 0.1) is 0 Å². The summed E-state index contributed by atoms with van der Waals surface area (Å²) >= 11 is 0. The number of nitrogens with one attached hydrogen (secondary N) is 2. The number of rotatable bonds is 4. The molecule has 0 saturated heterocycles. The summed E-state index contributed by atoms with van der Waals surface area (Å²) in [6.45, 7) is 1.07. The predicted molar refractivity (Wildman–Crippen MR) is 81.4 cm³/mol. The van der Waals surface area contributed by atoms with E-state index in [4.69, 9.17) is 0 Å². The van der Waals surface area contributed by atoms with Gasteiger partial charge in [-0.05, 0) is 43.4 Å². The zero-order valence-corrected chi connectivity index (χ0v) is 12.3. The molecule has 1 aromatic carbocycles. The molecule has 2 aliphatic rings. The van der Waals surface area contributed by atoms with Gasteiger partial charge >= 0.3 is 0 Å². The highest BCUT2D eigenvalue weighted by Gasteiger charge is 2.25. The number of hydrogen-bond acceptors (Lipinski definition) is 3. The molecule has 1 saturated carbocycles. The molecule has 1 aromatic rings. The van der Waals surface area contributed by atoms with Gasteiger partial charge in [-0.1, -0.05) is 6.07 Å². The molecular weight excluding hydrogens is 266 g/mol. The van der Waals surface area contributed by atoms with Crippen LogP contribution >= 0.6 is 0 Å². The minimum Gasteiger partial charge on any atom is -0.385 e. The fourth-order valence-corrected chi connectivity index (χ4v) is 2.70. The summed E-state index contributed by atoms with van der Waals surface area (Å²) in [7, 11) is 1.68. The summed E-state index contributed by atoms with van der Waals surface area (Å²) in [6.07, 6.45) is 4.05. The molecule has 21 heavy (non-hydrogen) atoms. The van der Waals surface area contributed by atoms with Gasteiger partial charge in [-0.25, -0.2) is 0 Å². The van der Waals surface area contributed by atoms with Crippen molar-refractivity contribution in [3.8, 4) is 0 Å². The topological polar surface area (TPSA) is 61.4 Å². The minimum absolute atomic E-state index is 0.0729. The van der Waals surface area contributed by atoms with Crippen LogP contribution in [-0.2, 0) is 11.2 Å². The predicted octanol–water partition coefficient (Wildman–Crippen LogP) is 1.40. The third kappa shape index (κ3) is 3.17. The maximum Gasteiger partial charge on any atom is 0.254 e. The van der Waals surface area contributed by atoms with Crippen molar-refractivity contribution in [3.63, 3.8) is 0 Å². The van der Waals surface area contributed by atoms with Crippen molar-refractivity contribution in [1.29, 1.82) is 0 Å². The lowest BCUT2D eigenvalue weighted by molar-refractivity contribution is -0.121. The van der Waals surface area contributed by atoms with Crippen molar-refractivity contribution in [3.05, 3.63) is 29.3 Å². The summed E-state index contributed by atoms with van der Waals surface area (Å²) < 4.78 is 0. The maximum absolute atomic E-state index is 12.6. The van der Waals surface area contributed by atoms with Crippen molar-refractivity contribution < 1.29 is 9.59 Å². The molecule has 112 valence electrons. The number of carbonyl (C=O) groups excluding carboxylic acids is 2. The number of fused-ring (bicyclic) bond motifs is 1. The fraction of sp³-hybridized carbons (Fsp3) is 0.500. The molecule has 0 spiro atoms. The number of benzene rings is 1. The Hall–Kier alpha value is -2.04. The van der Waals surface area contributed by atoms with E-state index >= 15 is 0 Å². The first-order chi connectivity index (χ1) is 10.1. The van der Waals surface area contributed by atoms with Gasteiger partial charge in [0.15, 0.2) is 0 Å². The van der Waals surface area contributed by atoms with Crippen molar-refractivity contribution in [1.82, 2.24) is 10.2 Å². The Morgan fingerprint density at radius 1 is 1.38 bits per heavy atom. The monoisotopic (exact) mass is 287 g/mol. The molecule has 5 nitrogen and oxygen atoms in total. The molecule has 0 bridgehead atoms. The molecule has 1 heterocycles. The molecule has 3 rings (SSSR count). The second kappa shape index (κ2) is 5.76. The van der Waals surface area contributed by atoms with Gasteiger partial charge < -0.3 is 15.5 Å². The van der Waals surface area contributed by atoms with Crippen LogP contribution in [0.25, 0.3) is 0 Å². The van der Waals surface area contributed by atoms with Crippen LogP contribution in [0.5, 0.6) is 0 Å².